The summed E-state index contributed by atoms with van der Waals surface area (Å²) in [5.41, 5.74) is 1.12. The summed E-state index contributed by atoms with van der Waals surface area (Å²) in [6.07, 6.45) is 1.74. The molecule has 9 nitrogen and oxygen atoms in total. The lowest BCUT2D eigenvalue weighted by molar-refractivity contribution is -0.136. The maximum atomic E-state index is 13.0. The molecule has 1 aliphatic heterocycles. The lowest BCUT2D eigenvalue weighted by Crippen LogP contribution is -2.40. The van der Waals surface area contributed by atoms with Crippen molar-refractivity contribution in [1.82, 2.24) is 14.3 Å². The van der Waals surface area contributed by atoms with Crippen LogP contribution in [0.3, 0.4) is 0 Å². The molecule has 10 heteroatoms. The number of hydrogen-bond donors (Lipinski definition) is 3. The van der Waals surface area contributed by atoms with E-state index in [1.807, 2.05) is 0 Å². The van der Waals surface area contributed by atoms with Gasteiger partial charge in [-0.1, -0.05) is 0 Å². The van der Waals surface area contributed by atoms with Crippen LogP contribution in [0.15, 0.2) is 34.1 Å². The predicted octanol–water partition coefficient (Wildman–Crippen LogP) is 1.05. The van der Waals surface area contributed by atoms with E-state index >= 15 is 0 Å². The Bertz CT molecular complexity index is 1220. The molecule has 3 heterocycles. The molecule has 3 aromatic rings. The van der Waals surface area contributed by atoms with Gasteiger partial charge >= 0.3 is 5.97 Å². The Kier molecular flexibility index (Phi) is 4.69. The van der Waals surface area contributed by atoms with E-state index in [2.05, 4.69) is 9.97 Å². The summed E-state index contributed by atoms with van der Waals surface area (Å²) in [6.45, 7) is 1.27. The van der Waals surface area contributed by atoms with Crippen LogP contribution in [0.1, 0.15) is 12.0 Å². The Morgan fingerprint density at radius 2 is 2.00 bits per heavy atom. The van der Waals surface area contributed by atoms with Gasteiger partial charge in [0.05, 0.1) is 18.1 Å². The average Bonchev–Trinajstić information content (AvgIpc) is 3.12. The summed E-state index contributed by atoms with van der Waals surface area (Å²) in [5, 5.41) is 10.1. The van der Waals surface area contributed by atoms with Gasteiger partial charge < -0.3 is 19.8 Å². The molecule has 0 spiro atoms. The van der Waals surface area contributed by atoms with Gasteiger partial charge in [0.15, 0.2) is 0 Å². The fraction of sp³-hybridized carbons (Fsp3) is 0.333. The highest BCUT2D eigenvalue weighted by atomic mass is 32.2. The van der Waals surface area contributed by atoms with Crippen molar-refractivity contribution in [3.63, 3.8) is 0 Å². The van der Waals surface area contributed by atoms with Crippen LogP contribution in [0.2, 0.25) is 0 Å². The maximum Gasteiger partial charge on any atom is 0.303 e. The molecule has 28 heavy (non-hydrogen) atoms. The lowest BCUT2D eigenvalue weighted by atomic mass is 10.0. The number of aliphatic carboxylic acids is 1. The van der Waals surface area contributed by atoms with Crippen LogP contribution in [0.4, 0.5) is 0 Å². The Labute approximate surface area is 160 Å². The molecule has 0 bridgehead atoms. The zero-order chi connectivity index (χ0) is 19.9. The molecular weight excluding hydrogens is 386 g/mol. The van der Waals surface area contributed by atoms with E-state index in [0.717, 1.165) is 0 Å². The number of sulfonamides is 1. The van der Waals surface area contributed by atoms with Gasteiger partial charge in [0.25, 0.3) is 5.56 Å². The SMILES string of the molecule is O=C(O)CCc1c[nH]c2c(=O)[nH]c3ccc(S(=O)(=O)N4CCOCC4)cc3c12. The maximum absolute atomic E-state index is 13.0. The number of ether oxygens (including phenoxy) is 1. The number of aryl methyl sites for hydroxylation is 1. The summed E-state index contributed by atoms with van der Waals surface area (Å²) in [4.78, 5) is 29.0. The molecule has 0 unspecified atom stereocenters. The average molecular weight is 405 g/mol. The third-order valence-electron chi connectivity index (χ3n) is 4.91. The molecule has 0 radical (unpaired) electrons. The van der Waals surface area contributed by atoms with Crippen molar-refractivity contribution in [2.75, 3.05) is 26.3 Å². The first-order chi connectivity index (χ1) is 13.4. The van der Waals surface area contributed by atoms with Crippen LogP contribution in [0.5, 0.6) is 0 Å². The summed E-state index contributed by atoms with van der Waals surface area (Å²) < 4.78 is 32.6. The second kappa shape index (κ2) is 7.04. The van der Waals surface area contributed by atoms with Gasteiger partial charge in [0.2, 0.25) is 10.0 Å². The van der Waals surface area contributed by atoms with Crippen molar-refractivity contribution in [2.24, 2.45) is 0 Å². The number of benzene rings is 1. The normalized spacial score (nSPS) is 16.0. The molecule has 148 valence electrons. The number of hydrogen-bond acceptors (Lipinski definition) is 5. The highest BCUT2D eigenvalue weighted by molar-refractivity contribution is 7.89. The summed E-state index contributed by atoms with van der Waals surface area (Å²) in [7, 11) is -3.70. The number of aromatic nitrogens is 2. The van der Waals surface area contributed by atoms with Crippen molar-refractivity contribution in [3.05, 3.63) is 40.3 Å². The number of nitrogens with one attached hydrogen (secondary N) is 2. The standard InChI is InChI=1S/C18H19N3O6S/c22-15(23)4-1-11-10-19-17-16(11)13-9-12(2-3-14(13)20-18(17)24)28(25,26)21-5-7-27-8-6-21/h2-3,9-10,19H,1,4-8H2,(H,20,24)(H,22,23). The minimum atomic E-state index is -3.70. The van der Waals surface area contributed by atoms with E-state index in [-0.39, 0.29) is 36.4 Å². The molecule has 0 saturated carbocycles. The van der Waals surface area contributed by atoms with Crippen molar-refractivity contribution in [1.29, 1.82) is 0 Å². The van der Waals surface area contributed by atoms with E-state index < -0.39 is 16.0 Å². The second-order valence-corrected chi connectivity index (χ2v) is 8.57. The minimum Gasteiger partial charge on any atom is -0.481 e. The van der Waals surface area contributed by atoms with Crippen molar-refractivity contribution >= 4 is 37.8 Å². The van der Waals surface area contributed by atoms with E-state index in [9.17, 15) is 18.0 Å². The monoisotopic (exact) mass is 405 g/mol. The highest BCUT2D eigenvalue weighted by Gasteiger charge is 2.27. The Hall–Kier alpha value is -2.69. The molecule has 1 saturated heterocycles. The first kappa shape index (κ1) is 18.7. The molecule has 0 aliphatic carbocycles. The van der Waals surface area contributed by atoms with E-state index in [1.54, 1.807) is 12.3 Å². The molecule has 3 N–H and O–H groups in total. The number of aromatic amines is 2. The molecule has 0 amide bonds. The van der Waals surface area contributed by atoms with Crippen LogP contribution in [-0.2, 0) is 26.0 Å². The number of carboxylic acid groups (broad SMARTS) is 1. The molecular formula is C18H19N3O6S. The number of fused-ring (bicyclic) bond motifs is 3. The summed E-state index contributed by atoms with van der Waals surface area (Å²) in [6, 6.07) is 4.58. The van der Waals surface area contributed by atoms with Gasteiger partial charge in [-0.15, -0.1) is 0 Å². The Balaban J connectivity index is 1.89. The molecule has 0 atom stereocenters. The number of carboxylic acids is 1. The van der Waals surface area contributed by atoms with Gasteiger partial charge in [-0.25, -0.2) is 8.42 Å². The van der Waals surface area contributed by atoms with Crippen molar-refractivity contribution < 1.29 is 23.1 Å². The molecule has 1 fully saturated rings. The number of morpholine rings is 1. The van der Waals surface area contributed by atoms with Crippen LogP contribution in [0.25, 0.3) is 21.8 Å². The highest BCUT2D eigenvalue weighted by Crippen LogP contribution is 2.29. The largest absolute Gasteiger partial charge is 0.481 e. The molecule has 1 aliphatic rings. The third kappa shape index (κ3) is 3.19. The summed E-state index contributed by atoms with van der Waals surface area (Å²) >= 11 is 0. The number of carbonyl (C=O) groups is 1. The fourth-order valence-corrected chi connectivity index (χ4v) is 4.94. The molecule has 1 aromatic carbocycles. The summed E-state index contributed by atoms with van der Waals surface area (Å²) in [5.74, 6) is -0.945. The van der Waals surface area contributed by atoms with Crippen LogP contribution >= 0.6 is 0 Å². The predicted molar refractivity (Wildman–Crippen MR) is 102 cm³/mol. The van der Waals surface area contributed by atoms with Crippen LogP contribution in [0, 0.1) is 0 Å². The smallest absolute Gasteiger partial charge is 0.303 e. The third-order valence-corrected chi connectivity index (χ3v) is 6.81. The molecule has 4 rings (SSSR count). The second-order valence-electron chi connectivity index (χ2n) is 6.64. The van der Waals surface area contributed by atoms with Crippen LogP contribution < -0.4 is 5.56 Å². The van der Waals surface area contributed by atoms with E-state index in [4.69, 9.17) is 9.84 Å². The van der Waals surface area contributed by atoms with Gasteiger partial charge in [0.1, 0.15) is 5.52 Å². The zero-order valence-corrected chi connectivity index (χ0v) is 15.7. The van der Waals surface area contributed by atoms with Gasteiger partial charge in [-0.3, -0.25) is 9.59 Å². The van der Waals surface area contributed by atoms with Crippen molar-refractivity contribution in [3.8, 4) is 0 Å². The molecule has 2 aromatic heterocycles. The van der Waals surface area contributed by atoms with Crippen molar-refractivity contribution in [2.45, 2.75) is 17.7 Å². The lowest BCUT2D eigenvalue weighted by Gasteiger charge is -2.26. The van der Waals surface area contributed by atoms with E-state index in [1.165, 1.54) is 16.4 Å². The van der Waals surface area contributed by atoms with Gasteiger partial charge in [0, 0.05) is 42.0 Å². The quantitative estimate of drug-likeness (QED) is 0.581. The Morgan fingerprint density at radius 1 is 1.25 bits per heavy atom. The number of nitrogens with zero attached hydrogens (tertiary/aromatic N) is 1. The van der Waals surface area contributed by atoms with Gasteiger partial charge in [-0.05, 0) is 30.2 Å². The van der Waals surface area contributed by atoms with E-state index in [0.29, 0.717) is 40.6 Å². The first-order valence-corrected chi connectivity index (χ1v) is 10.3. The minimum absolute atomic E-state index is 0.0903. The fourth-order valence-electron chi connectivity index (χ4n) is 3.51. The number of rotatable bonds is 5. The number of pyridine rings is 1. The zero-order valence-electron chi connectivity index (χ0n) is 14.9. The number of H-pyrrole nitrogens is 2. The first-order valence-electron chi connectivity index (χ1n) is 8.83. The van der Waals surface area contributed by atoms with Gasteiger partial charge in [-0.2, -0.15) is 4.31 Å². The Morgan fingerprint density at radius 3 is 2.71 bits per heavy atom. The topological polar surface area (TPSA) is 133 Å². The van der Waals surface area contributed by atoms with Crippen LogP contribution in [-0.4, -0.2) is 60.1 Å².